The molecule has 0 aliphatic carbocycles. The van der Waals surface area contributed by atoms with Gasteiger partial charge in [-0.1, -0.05) is 39.5 Å². The third-order valence-corrected chi connectivity index (χ3v) is 4.44. The summed E-state index contributed by atoms with van der Waals surface area (Å²) in [5, 5.41) is 0. The second-order valence-electron chi connectivity index (χ2n) is 3.64. The minimum absolute atomic E-state index is 0.307. The lowest BCUT2D eigenvalue weighted by molar-refractivity contribution is 0.483. The Bertz CT molecular complexity index is 224. The molecule has 0 aromatic carbocycles. The first-order valence-electron chi connectivity index (χ1n) is 5.48. The van der Waals surface area contributed by atoms with Crippen molar-refractivity contribution >= 4 is 10.0 Å². The average Bonchev–Trinajstić information content (AvgIpc) is 2.16. The van der Waals surface area contributed by atoms with Gasteiger partial charge in [0.1, 0.15) is 0 Å². The second-order valence-corrected chi connectivity index (χ2v) is 5.84. The highest BCUT2D eigenvalue weighted by Crippen LogP contribution is 2.06. The molecule has 0 N–H and O–H groups in total. The fourth-order valence-corrected chi connectivity index (χ4v) is 2.51. The molecular weight excluding hydrogens is 198 g/mol. The van der Waals surface area contributed by atoms with E-state index in [1.807, 2.05) is 6.92 Å². The molecule has 4 heteroatoms. The predicted octanol–water partition coefficient (Wildman–Crippen LogP) is 2.24. The van der Waals surface area contributed by atoms with Gasteiger partial charge in [-0.15, -0.1) is 0 Å². The smallest absolute Gasteiger partial charge is 0.212 e. The summed E-state index contributed by atoms with van der Waals surface area (Å²) in [6.45, 7) is 4.58. The Hall–Kier alpha value is -0.0900. The minimum atomic E-state index is -2.96. The van der Waals surface area contributed by atoms with Gasteiger partial charge in [0.15, 0.2) is 0 Å². The van der Waals surface area contributed by atoms with Crippen molar-refractivity contribution in [3.8, 4) is 0 Å². The number of hydrogen-bond donors (Lipinski definition) is 0. The van der Waals surface area contributed by atoms with Gasteiger partial charge in [-0.25, -0.2) is 12.7 Å². The molecule has 0 radical (unpaired) electrons. The molecule has 0 amide bonds. The van der Waals surface area contributed by atoms with Crippen molar-refractivity contribution in [2.45, 2.75) is 46.0 Å². The van der Waals surface area contributed by atoms with Crippen molar-refractivity contribution in [2.75, 3.05) is 19.3 Å². The van der Waals surface area contributed by atoms with Crippen molar-refractivity contribution in [3.05, 3.63) is 0 Å². The monoisotopic (exact) mass is 221 g/mol. The van der Waals surface area contributed by atoms with Gasteiger partial charge in [-0.2, -0.15) is 0 Å². The number of unbranched alkanes of at least 4 members (excludes halogenated alkanes) is 4. The Morgan fingerprint density at radius 1 is 1.00 bits per heavy atom. The van der Waals surface area contributed by atoms with Crippen molar-refractivity contribution in [1.82, 2.24) is 4.31 Å². The van der Waals surface area contributed by atoms with Gasteiger partial charge in [-0.3, -0.25) is 0 Å². The van der Waals surface area contributed by atoms with E-state index in [1.54, 1.807) is 7.05 Å². The molecule has 14 heavy (non-hydrogen) atoms. The first kappa shape index (κ1) is 13.9. The van der Waals surface area contributed by atoms with E-state index in [4.69, 9.17) is 0 Å². The highest BCUT2D eigenvalue weighted by atomic mass is 32.2. The van der Waals surface area contributed by atoms with Crippen molar-refractivity contribution in [2.24, 2.45) is 0 Å². The van der Waals surface area contributed by atoms with E-state index in [2.05, 4.69) is 6.92 Å². The molecule has 0 fully saturated rings. The highest BCUT2D eigenvalue weighted by Gasteiger charge is 2.14. The molecule has 86 valence electrons. The van der Waals surface area contributed by atoms with Crippen LogP contribution in [0.4, 0.5) is 0 Å². The lowest BCUT2D eigenvalue weighted by atomic mass is 10.2. The molecule has 3 nitrogen and oxygen atoms in total. The molecule has 0 aromatic heterocycles. The van der Waals surface area contributed by atoms with Crippen LogP contribution in [-0.2, 0) is 10.0 Å². The first-order valence-corrected chi connectivity index (χ1v) is 7.09. The van der Waals surface area contributed by atoms with Gasteiger partial charge in [0, 0.05) is 13.6 Å². The normalized spacial score (nSPS) is 12.3. The molecule has 0 rings (SSSR count). The van der Waals surface area contributed by atoms with E-state index in [0.717, 1.165) is 19.3 Å². The van der Waals surface area contributed by atoms with E-state index in [0.29, 0.717) is 12.3 Å². The Morgan fingerprint density at radius 3 is 2.07 bits per heavy atom. The summed E-state index contributed by atoms with van der Waals surface area (Å²) in [6, 6.07) is 0. The van der Waals surface area contributed by atoms with E-state index in [1.165, 1.54) is 17.1 Å². The molecule has 0 aliphatic heterocycles. The van der Waals surface area contributed by atoms with Crippen LogP contribution >= 0.6 is 0 Å². The molecule has 0 aliphatic rings. The van der Waals surface area contributed by atoms with Crippen LogP contribution < -0.4 is 0 Å². The SMILES string of the molecule is CCCCCCCS(=O)(=O)N(C)CC. The van der Waals surface area contributed by atoms with E-state index < -0.39 is 10.0 Å². The molecule has 0 saturated heterocycles. The standard InChI is InChI=1S/C10H23NO2S/c1-4-6-7-8-9-10-14(12,13)11(3)5-2/h4-10H2,1-3H3. The van der Waals surface area contributed by atoms with Crippen LogP contribution in [0.25, 0.3) is 0 Å². The summed E-state index contributed by atoms with van der Waals surface area (Å²) in [7, 11) is -1.32. The maximum Gasteiger partial charge on any atom is 0.213 e. The summed E-state index contributed by atoms with van der Waals surface area (Å²) in [6.07, 6.45) is 5.39. The minimum Gasteiger partial charge on any atom is -0.212 e. The quantitative estimate of drug-likeness (QED) is 0.589. The van der Waals surface area contributed by atoms with Gasteiger partial charge in [0.05, 0.1) is 5.75 Å². The molecule has 0 atom stereocenters. The molecule has 0 saturated carbocycles. The third-order valence-electron chi connectivity index (χ3n) is 2.43. The highest BCUT2D eigenvalue weighted by molar-refractivity contribution is 7.89. The van der Waals surface area contributed by atoms with E-state index in [9.17, 15) is 8.42 Å². The fourth-order valence-electron chi connectivity index (χ4n) is 1.24. The number of rotatable bonds is 8. The second kappa shape index (κ2) is 7.23. The number of hydrogen-bond acceptors (Lipinski definition) is 2. The maximum atomic E-state index is 11.5. The Labute approximate surface area is 88.5 Å². The molecular formula is C10H23NO2S. The number of sulfonamides is 1. The molecule has 0 unspecified atom stereocenters. The molecule has 0 heterocycles. The van der Waals surface area contributed by atoms with Crippen molar-refractivity contribution in [3.63, 3.8) is 0 Å². The van der Waals surface area contributed by atoms with E-state index in [-0.39, 0.29) is 0 Å². The Kier molecular flexibility index (Phi) is 7.19. The van der Waals surface area contributed by atoms with Crippen molar-refractivity contribution in [1.29, 1.82) is 0 Å². The topological polar surface area (TPSA) is 37.4 Å². The summed E-state index contributed by atoms with van der Waals surface area (Å²) < 4.78 is 24.5. The molecule has 0 bridgehead atoms. The maximum absolute atomic E-state index is 11.5. The van der Waals surface area contributed by atoms with Gasteiger partial charge in [0.2, 0.25) is 10.0 Å². The van der Waals surface area contributed by atoms with Gasteiger partial charge >= 0.3 is 0 Å². The van der Waals surface area contributed by atoms with Crippen LogP contribution in [0.5, 0.6) is 0 Å². The average molecular weight is 221 g/mol. The van der Waals surface area contributed by atoms with Crippen LogP contribution in [0.15, 0.2) is 0 Å². The molecule has 0 spiro atoms. The van der Waals surface area contributed by atoms with Gasteiger partial charge < -0.3 is 0 Å². The lowest BCUT2D eigenvalue weighted by Crippen LogP contribution is -2.28. The van der Waals surface area contributed by atoms with Crippen LogP contribution in [0.2, 0.25) is 0 Å². The lowest BCUT2D eigenvalue weighted by Gasteiger charge is -2.14. The summed E-state index contributed by atoms with van der Waals surface area (Å²) in [4.78, 5) is 0. The summed E-state index contributed by atoms with van der Waals surface area (Å²) in [5.41, 5.74) is 0. The zero-order valence-electron chi connectivity index (χ0n) is 9.62. The van der Waals surface area contributed by atoms with Crippen LogP contribution in [0.1, 0.15) is 46.0 Å². The van der Waals surface area contributed by atoms with Gasteiger partial charge in [0.25, 0.3) is 0 Å². The van der Waals surface area contributed by atoms with Crippen molar-refractivity contribution < 1.29 is 8.42 Å². The van der Waals surface area contributed by atoms with Crippen LogP contribution in [0, 0.1) is 0 Å². The molecule has 0 aromatic rings. The summed E-state index contributed by atoms with van der Waals surface area (Å²) >= 11 is 0. The first-order chi connectivity index (χ1) is 6.54. The fraction of sp³-hybridized carbons (Fsp3) is 1.00. The van der Waals surface area contributed by atoms with Gasteiger partial charge in [-0.05, 0) is 6.42 Å². The number of nitrogens with zero attached hydrogens (tertiary/aromatic N) is 1. The summed E-state index contributed by atoms with van der Waals surface area (Å²) in [5.74, 6) is 0.307. The van der Waals surface area contributed by atoms with Crippen LogP contribution in [-0.4, -0.2) is 32.1 Å². The largest absolute Gasteiger partial charge is 0.213 e. The Balaban J connectivity index is 3.67. The van der Waals surface area contributed by atoms with E-state index >= 15 is 0 Å². The van der Waals surface area contributed by atoms with Crippen LogP contribution in [0.3, 0.4) is 0 Å². The third kappa shape index (κ3) is 5.60. The predicted molar refractivity (Wildman–Crippen MR) is 60.8 cm³/mol. The zero-order valence-corrected chi connectivity index (χ0v) is 10.4. The Morgan fingerprint density at radius 2 is 1.57 bits per heavy atom. The zero-order chi connectivity index (χ0) is 11.0.